The number of halogens is 1. The molecule has 3 aromatic rings. The SMILES string of the molecule is C#CCOC1C(OP(=O)(OC[C@H]2O[C@@H](n3cnc4c(N)ncnc43)C(F)C2O)SC)[C@@H](CO)O[C@H]1n1ccc(=O)[nH]c1=O. The number of nitrogens with one attached hydrogen (secondary N) is 1. The quantitative estimate of drug-likeness (QED) is 0.150. The van der Waals surface area contributed by atoms with Crippen LogP contribution in [-0.4, -0.2) is 102 Å². The number of imidazole rings is 1. The number of nitrogens with zero attached hydrogens (tertiary/aromatic N) is 5. The monoisotopic (exact) mass is 643 g/mol. The molecular weight excluding hydrogens is 616 g/mol. The Morgan fingerprint density at radius 1 is 1.23 bits per heavy atom. The highest BCUT2D eigenvalue weighted by molar-refractivity contribution is 8.54. The van der Waals surface area contributed by atoms with E-state index in [0.29, 0.717) is 11.4 Å². The van der Waals surface area contributed by atoms with E-state index < -0.39 is 80.4 Å². The number of rotatable bonds is 11. The van der Waals surface area contributed by atoms with Gasteiger partial charge in [0.15, 0.2) is 30.1 Å². The van der Waals surface area contributed by atoms with Crippen molar-refractivity contribution in [2.75, 3.05) is 31.8 Å². The van der Waals surface area contributed by atoms with Crippen LogP contribution in [-0.2, 0) is 27.8 Å². The van der Waals surface area contributed by atoms with Crippen molar-refractivity contribution in [1.29, 1.82) is 0 Å². The largest absolute Gasteiger partial charge is 0.394 e. The van der Waals surface area contributed by atoms with Crippen LogP contribution < -0.4 is 17.0 Å². The lowest BCUT2D eigenvalue weighted by Crippen LogP contribution is -2.40. The molecule has 0 bridgehead atoms. The van der Waals surface area contributed by atoms with Crippen LogP contribution in [0.2, 0.25) is 0 Å². The second kappa shape index (κ2) is 12.8. The molecule has 20 heteroatoms. The molecule has 0 amide bonds. The van der Waals surface area contributed by atoms with Crippen molar-refractivity contribution in [3.05, 3.63) is 45.8 Å². The van der Waals surface area contributed by atoms with Gasteiger partial charge in [0.25, 0.3) is 5.56 Å². The summed E-state index contributed by atoms with van der Waals surface area (Å²) in [6.07, 6.45) is -0.876. The van der Waals surface area contributed by atoms with Gasteiger partial charge in [-0.2, -0.15) is 0 Å². The molecule has 0 saturated carbocycles. The zero-order valence-electron chi connectivity index (χ0n) is 22.3. The summed E-state index contributed by atoms with van der Waals surface area (Å²) in [5.41, 5.74) is 4.70. The van der Waals surface area contributed by atoms with Crippen LogP contribution in [0.15, 0.2) is 34.5 Å². The molecule has 0 aliphatic carbocycles. The molecule has 5 unspecified atom stereocenters. The molecule has 2 saturated heterocycles. The van der Waals surface area contributed by atoms with Crippen LogP contribution in [0.3, 0.4) is 0 Å². The Morgan fingerprint density at radius 2 is 2.00 bits per heavy atom. The summed E-state index contributed by atoms with van der Waals surface area (Å²) >= 11 is 0.672. The fraction of sp³-hybridized carbons (Fsp3) is 0.522. The Balaban J connectivity index is 1.33. The van der Waals surface area contributed by atoms with Crippen LogP contribution in [0.25, 0.3) is 11.2 Å². The van der Waals surface area contributed by atoms with Crippen LogP contribution >= 0.6 is 18.2 Å². The normalized spacial score (nSPS) is 30.4. The number of hydrogen-bond donors (Lipinski definition) is 4. The number of hydrogen-bond acceptors (Lipinski definition) is 15. The number of nitrogen functional groups attached to an aromatic ring is 1. The van der Waals surface area contributed by atoms with Crippen LogP contribution in [0.4, 0.5) is 10.2 Å². The van der Waals surface area contributed by atoms with E-state index in [9.17, 15) is 24.4 Å². The van der Waals surface area contributed by atoms with Gasteiger partial charge in [-0.05, 0) is 17.6 Å². The van der Waals surface area contributed by atoms with Crippen molar-refractivity contribution in [3.8, 4) is 12.3 Å². The van der Waals surface area contributed by atoms with Gasteiger partial charge in [0.05, 0.1) is 19.5 Å². The molecule has 5 rings (SSSR count). The zero-order valence-corrected chi connectivity index (χ0v) is 24.0. The van der Waals surface area contributed by atoms with Gasteiger partial charge in [0, 0.05) is 12.3 Å². The maximum atomic E-state index is 15.2. The fourth-order valence-corrected chi connectivity index (χ4v) is 6.91. The van der Waals surface area contributed by atoms with Crippen LogP contribution in [0.5, 0.6) is 0 Å². The number of aliphatic hydroxyl groups is 2. The first kappa shape index (κ1) is 31.3. The Hall–Kier alpha value is -3.18. The molecule has 2 fully saturated rings. The van der Waals surface area contributed by atoms with E-state index in [1.807, 2.05) is 0 Å². The highest BCUT2D eigenvalue weighted by atomic mass is 32.7. The molecule has 43 heavy (non-hydrogen) atoms. The molecule has 17 nitrogen and oxygen atoms in total. The first-order chi connectivity index (χ1) is 20.6. The minimum absolute atomic E-state index is 0.0740. The average molecular weight is 644 g/mol. The second-order valence-corrected chi connectivity index (χ2v) is 13.5. The number of aliphatic hydroxyl groups excluding tert-OH is 2. The summed E-state index contributed by atoms with van der Waals surface area (Å²) in [5, 5.41) is 20.6. The maximum Gasteiger partial charge on any atom is 0.389 e. The number of terminal acetylenes is 1. The van der Waals surface area contributed by atoms with E-state index in [0.717, 1.165) is 16.8 Å². The fourth-order valence-electron chi connectivity index (χ4n) is 4.72. The Morgan fingerprint density at radius 3 is 2.70 bits per heavy atom. The lowest BCUT2D eigenvalue weighted by Gasteiger charge is -2.27. The summed E-state index contributed by atoms with van der Waals surface area (Å²) < 4.78 is 59.7. The molecule has 0 aromatic carbocycles. The van der Waals surface area contributed by atoms with Crippen molar-refractivity contribution >= 4 is 35.2 Å². The van der Waals surface area contributed by atoms with Gasteiger partial charge in [0.1, 0.15) is 49.0 Å². The van der Waals surface area contributed by atoms with E-state index >= 15 is 4.39 Å². The second-order valence-electron chi connectivity index (χ2n) is 9.32. The van der Waals surface area contributed by atoms with E-state index in [2.05, 4.69) is 25.9 Å². The third kappa shape index (κ3) is 6.11. The first-order valence-electron chi connectivity index (χ1n) is 12.6. The standard InChI is InChI=1S/C23H27FN7O10PS/c1-3-6-37-18-17(11(7-32)39-22(18)30-5-4-13(33)29-23(30)35)41-42(36,43-2)38-8-12-16(34)14(24)21(40-12)31-10-28-15-19(25)26-9-27-20(15)31/h1,4-5,9-12,14,16-18,21-22,32,34H,6-8H2,2H3,(H2,25,26,27)(H,29,33,35)/t11-,12-,14?,16?,17?,18?,21-,22-,42?/m1/s1. The molecule has 2 aliphatic rings. The summed E-state index contributed by atoms with van der Waals surface area (Å²) in [4.78, 5) is 38.1. The van der Waals surface area contributed by atoms with E-state index in [1.54, 1.807) is 0 Å². The smallest absolute Gasteiger partial charge is 0.389 e. The number of alkyl halides is 1. The summed E-state index contributed by atoms with van der Waals surface area (Å²) in [5.74, 6) is 2.35. The number of aromatic nitrogens is 6. The number of aromatic amines is 1. The summed E-state index contributed by atoms with van der Waals surface area (Å²) in [6, 6.07) is 1.08. The van der Waals surface area contributed by atoms with E-state index in [4.69, 9.17) is 35.4 Å². The number of fused-ring (bicyclic) bond motifs is 1. The van der Waals surface area contributed by atoms with Crippen LogP contribution in [0, 0.1) is 12.3 Å². The first-order valence-corrected chi connectivity index (χ1v) is 16.0. The van der Waals surface area contributed by atoms with Crippen molar-refractivity contribution < 1.29 is 42.4 Å². The van der Waals surface area contributed by atoms with Gasteiger partial charge < -0.3 is 30.2 Å². The number of H-pyrrole nitrogens is 1. The van der Waals surface area contributed by atoms with Gasteiger partial charge >= 0.3 is 12.5 Å². The third-order valence-electron chi connectivity index (χ3n) is 6.78. The number of anilines is 1. The number of nitrogens with two attached hydrogens (primary N) is 1. The van der Waals surface area contributed by atoms with Gasteiger partial charge in [-0.15, -0.1) is 6.42 Å². The van der Waals surface area contributed by atoms with E-state index in [1.165, 1.54) is 23.5 Å². The van der Waals surface area contributed by atoms with Crippen molar-refractivity contribution in [2.45, 2.75) is 49.1 Å². The molecule has 2 aliphatic heterocycles. The maximum absolute atomic E-state index is 15.2. The molecular formula is C23H27FN7O10PS. The van der Waals surface area contributed by atoms with E-state index in [-0.39, 0.29) is 23.6 Å². The van der Waals surface area contributed by atoms with Crippen molar-refractivity contribution in [1.82, 2.24) is 29.1 Å². The highest BCUT2D eigenvalue weighted by Gasteiger charge is 2.51. The van der Waals surface area contributed by atoms with Crippen molar-refractivity contribution in [3.63, 3.8) is 0 Å². The lowest BCUT2D eigenvalue weighted by molar-refractivity contribution is -0.0677. The Kier molecular flexibility index (Phi) is 9.31. The molecule has 9 atom stereocenters. The summed E-state index contributed by atoms with van der Waals surface area (Å²) in [6.45, 7) is -5.64. The average Bonchev–Trinajstić information content (AvgIpc) is 3.65. The van der Waals surface area contributed by atoms with Gasteiger partial charge in [-0.3, -0.25) is 28.0 Å². The molecule has 0 spiro atoms. The van der Waals surface area contributed by atoms with Crippen molar-refractivity contribution in [2.24, 2.45) is 0 Å². The molecule has 232 valence electrons. The molecule has 5 N–H and O–H groups in total. The third-order valence-corrected chi connectivity index (χ3v) is 10.1. The van der Waals surface area contributed by atoms with Gasteiger partial charge in [-0.1, -0.05) is 5.92 Å². The zero-order chi connectivity index (χ0) is 30.9. The Bertz CT molecular complexity index is 1670. The topological polar surface area (TPSA) is 228 Å². The van der Waals surface area contributed by atoms with Crippen LogP contribution in [0.1, 0.15) is 12.5 Å². The molecule has 5 heterocycles. The summed E-state index contributed by atoms with van der Waals surface area (Å²) in [7, 11) is 0. The minimum Gasteiger partial charge on any atom is -0.394 e. The van der Waals surface area contributed by atoms with Gasteiger partial charge in [-0.25, -0.2) is 28.7 Å². The number of ether oxygens (including phenoxy) is 3. The predicted molar refractivity (Wildman–Crippen MR) is 147 cm³/mol. The highest BCUT2D eigenvalue weighted by Crippen LogP contribution is 2.62. The molecule has 0 radical (unpaired) electrons. The minimum atomic E-state index is -4.15. The van der Waals surface area contributed by atoms with Gasteiger partial charge in [0.2, 0.25) is 0 Å². The lowest BCUT2D eigenvalue weighted by atomic mass is 10.1. The molecule has 3 aromatic heterocycles. The predicted octanol–water partition coefficient (Wildman–Crippen LogP) is -0.664. The Labute approximate surface area is 245 Å².